The molecule has 1 aromatic heterocycles. The van der Waals surface area contributed by atoms with Crippen LogP contribution in [0.4, 0.5) is 21.0 Å². The third-order valence-corrected chi connectivity index (χ3v) is 5.80. The van der Waals surface area contributed by atoms with Crippen LogP contribution in [-0.4, -0.2) is 58.2 Å². The van der Waals surface area contributed by atoms with Gasteiger partial charge in [0.05, 0.1) is 6.10 Å². The average molecular weight is 514 g/mol. The summed E-state index contributed by atoms with van der Waals surface area (Å²) in [5.41, 5.74) is 2.00. The van der Waals surface area contributed by atoms with Crippen LogP contribution < -0.4 is 16.3 Å². The van der Waals surface area contributed by atoms with Crippen molar-refractivity contribution in [1.29, 1.82) is 0 Å². The summed E-state index contributed by atoms with van der Waals surface area (Å²) in [5.74, 6) is 0. The number of ether oxygens (including phenoxy) is 3. The van der Waals surface area contributed by atoms with Crippen molar-refractivity contribution in [3.8, 4) is 0 Å². The molecular formula is C25H26N2O10. The maximum Gasteiger partial charge on any atom is 0.414 e. The van der Waals surface area contributed by atoms with Gasteiger partial charge in [0.15, 0.2) is 0 Å². The second kappa shape index (κ2) is 11.0. The molecule has 12 nitrogen and oxygen atoms in total. The van der Waals surface area contributed by atoms with E-state index in [1.807, 2.05) is 0 Å². The van der Waals surface area contributed by atoms with Gasteiger partial charge in [-0.2, -0.15) is 0 Å². The number of benzene rings is 2. The van der Waals surface area contributed by atoms with Crippen molar-refractivity contribution in [3.05, 3.63) is 70.1 Å². The second-order valence-electron chi connectivity index (χ2n) is 8.57. The van der Waals surface area contributed by atoms with E-state index in [1.165, 1.54) is 19.1 Å². The highest BCUT2D eigenvalue weighted by atomic mass is 16.7. The fourth-order valence-corrected chi connectivity index (χ4v) is 3.75. The van der Waals surface area contributed by atoms with Gasteiger partial charge in [0.25, 0.3) is 0 Å². The molecule has 1 aliphatic heterocycles. The minimum absolute atomic E-state index is 0.0570. The highest BCUT2D eigenvalue weighted by molar-refractivity contribution is 5.90. The molecule has 0 saturated carbocycles. The highest BCUT2D eigenvalue weighted by Gasteiger charge is 2.43. The van der Waals surface area contributed by atoms with Crippen LogP contribution in [-0.2, 0) is 20.8 Å². The first-order valence-electron chi connectivity index (χ1n) is 11.4. The number of carbonyl (C=O) groups excluding carboxylic acids is 2. The topological polar surface area (TPSA) is 177 Å². The summed E-state index contributed by atoms with van der Waals surface area (Å²) in [7, 11) is 0. The van der Waals surface area contributed by atoms with Gasteiger partial charge >= 0.3 is 17.8 Å². The number of hydrogen-bond acceptors (Lipinski definition) is 10. The van der Waals surface area contributed by atoms with E-state index in [0.29, 0.717) is 22.5 Å². The fourth-order valence-electron chi connectivity index (χ4n) is 3.75. The van der Waals surface area contributed by atoms with Crippen molar-refractivity contribution < 1.29 is 43.5 Å². The number of aliphatic hydroxyl groups is 3. The molecule has 2 amide bonds. The smallest absolute Gasteiger partial charge is 0.414 e. The highest BCUT2D eigenvalue weighted by Crippen LogP contribution is 2.23. The molecule has 0 bridgehead atoms. The molecule has 2 aromatic carbocycles. The maximum atomic E-state index is 12.2. The van der Waals surface area contributed by atoms with Gasteiger partial charge in [-0.1, -0.05) is 12.1 Å². The first kappa shape index (κ1) is 26.1. The largest absolute Gasteiger partial charge is 0.444 e. The van der Waals surface area contributed by atoms with Crippen LogP contribution in [0.25, 0.3) is 11.0 Å². The molecular weight excluding hydrogens is 488 g/mol. The summed E-state index contributed by atoms with van der Waals surface area (Å²) in [5, 5.41) is 35.2. The quantitative estimate of drug-likeness (QED) is 0.317. The lowest BCUT2D eigenvalue weighted by Crippen LogP contribution is -2.57. The van der Waals surface area contributed by atoms with Gasteiger partial charge in [-0.15, -0.1) is 0 Å². The van der Waals surface area contributed by atoms with Gasteiger partial charge < -0.3 is 33.9 Å². The molecule has 196 valence electrons. The number of rotatable bonds is 5. The van der Waals surface area contributed by atoms with Crippen molar-refractivity contribution in [1.82, 2.24) is 0 Å². The van der Waals surface area contributed by atoms with Gasteiger partial charge in [-0.3, -0.25) is 10.6 Å². The van der Waals surface area contributed by atoms with Gasteiger partial charge in [-0.25, -0.2) is 14.4 Å². The molecule has 5 N–H and O–H groups in total. The van der Waals surface area contributed by atoms with Crippen LogP contribution >= 0.6 is 0 Å². The number of aliphatic hydroxyl groups excluding tert-OH is 3. The zero-order valence-corrected chi connectivity index (χ0v) is 19.9. The van der Waals surface area contributed by atoms with Gasteiger partial charge in [-0.05, 0) is 49.2 Å². The Kier molecular flexibility index (Phi) is 7.74. The Morgan fingerprint density at radius 1 is 0.919 bits per heavy atom. The monoisotopic (exact) mass is 514 g/mol. The van der Waals surface area contributed by atoms with Crippen LogP contribution in [0.15, 0.2) is 57.7 Å². The van der Waals surface area contributed by atoms with E-state index in [9.17, 15) is 29.7 Å². The molecule has 1 aliphatic rings. The van der Waals surface area contributed by atoms with Crippen LogP contribution in [0, 0.1) is 6.92 Å². The predicted octanol–water partition coefficient (Wildman–Crippen LogP) is 2.23. The number of amides is 2. The molecule has 3 aromatic rings. The van der Waals surface area contributed by atoms with E-state index in [4.69, 9.17) is 18.6 Å². The molecule has 1 saturated heterocycles. The third kappa shape index (κ3) is 6.24. The minimum Gasteiger partial charge on any atom is -0.444 e. The lowest BCUT2D eigenvalue weighted by molar-refractivity contribution is -0.275. The number of anilines is 2. The molecule has 1 fully saturated rings. The van der Waals surface area contributed by atoms with Crippen LogP contribution in [0.3, 0.4) is 0 Å². The van der Waals surface area contributed by atoms with E-state index in [2.05, 4.69) is 10.6 Å². The van der Waals surface area contributed by atoms with E-state index in [0.717, 1.165) is 10.9 Å². The van der Waals surface area contributed by atoms with E-state index in [-0.39, 0.29) is 6.61 Å². The standard InChI is InChI=1S/C25H26N2O10/c1-12-9-19(28)36-18-10-16(7-8-17(12)18)27-24(32)34-11-14-3-5-15(6-4-14)26-25(33)37-23-22(31)21(30)20(29)13(2)35-23/h3-10,13,20-23,29-31H,11H2,1-2H3,(H,26,33)(H,27,32)/t13-,20+,21+,22?,23?/m0/s1. The molecule has 12 heteroatoms. The number of hydrogen-bond donors (Lipinski definition) is 5. The number of carbonyl (C=O) groups is 2. The second-order valence-corrected chi connectivity index (χ2v) is 8.57. The van der Waals surface area contributed by atoms with Gasteiger partial charge in [0, 0.05) is 28.9 Å². The first-order valence-corrected chi connectivity index (χ1v) is 11.4. The Morgan fingerprint density at radius 2 is 1.59 bits per heavy atom. The number of aryl methyl sites for hydroxylation is 1. The Bertz CT molecular complexity index is 1340. The first-order chi connectivity index (χ1) is 17.6. The van der Waals surface area contributed by atoms with Crippen LogP contribution in [0.1, 0.15) is 18.1 Å². The summed E-state index contributed by atoms with van der Waals surface area (Å²) in [6, 6.07) is 12.6. The molecule has 2 unspecified atom stereocenters. The van der Waals surface area contributed by atoms with Crippen molar-refractivity contribution in [3.63, 3.8) is 0 Å². The summed E-state index contributed by atoms with van der Waals surface area (Å²) >= 11 is 0. The zero-order chi connectivity index (χ0) is 26.7. The maximum absolute atomic E-state index is 12.2. The Balaban J connectivity index is 1.26. The average Bonchev–Trinajstić information content (AvgIpc) is 2.85. The molecule has 4 rings (SSSR count). The van der Waals surface area contributed by atoms with Crippen molar-refractivity contribution in [2.24, 2.45) is 0 Å². The van der Waals surface area contributed by atoms with Crippen LogP contribution in [0.2, 0.25) is 0 Å². The third-order valence-electron chi connectivity index (χ3n) is 5.80. The zero-order valence-electron chi connectivity index (χ0n) is 19.9. The lowest BCUT2D eigenvalue weighted by Gasteiger charge is -2.38. The molecule has 0 radical (unpaired) electrons. The SMILES string of the molecule is Cc1cc(=O)oc2cc(NC(=O)OCc3ccc(NC(=O)OC4O[C@@H](C)[C@@H](O)[C@@H](O)C4O)cc3)ccc12. The predicted molar refractivity (Wildman–Crippen MR) is 130 cm³/mol. The molecule has 37 heavy (non-hydrogen) atoms. The Hall–Kier alpha value is -3.97. The molecule has 0 spiro atoms. The minimum atomic E-state index is -1.61. The van der Waals surface area contributed by atoms with Crippen molar-refractivity contribution >= 4 is 34.5 Å². The molecule has 5 atom stereocenters. The van der Waals surface area contributed by atoms with E-state index < -0.39 is 48.5 Å². The van der Waals surface area contributed by atoms with E-state index >= 15 is 0 Å². The number of nitrogens with one attached hydrogen (secondary N) is 2. The van der Waals surface area contributed by atoms with Crippen molar-refractivity contribution in [2.45, 2.75) is 51.2 Å². The number of fused-ring (bicyclic) bond motifs is 1. The lowest BCUT2D eigenvalue weighted by atomic mass is 10.0. The van der Waals surface area contributed by atoms with Gasteiger partial charge in [0.2, 0.25) is 6.29 Å². The van der Waals surface area contributed by atoms with Crippen LogP contribution in [0.5, 0.6) is 0 Å². The summed E-state index contributed by atoms with van der Waals surface area (Å²) < 4.78 is 20.6. The normalized spacial score (nSPS) is 23.3. The Morgan fingerprint density at radius 3 is 2.32 bits per heavy atom. The molecule has 0 aliphatic carbocycles. The molecule has 2 heterocycles. The Labute approximate surface area is 210 Å². The summed E-state index contributed by atoms with van der Waals surface area (Å²) in [4.78, 5) is 35.9. The van der Waals surface area contributed by atoms with Crippen molar-refractivity contribution in [2.75, 3.05) is 10.6 Å². The fraction of sp³-hybridized carbons (Fsp3) is 0.320. The van der Waals surface area contributed by atoms with Gasteiger partial charge in [0.1, 0.15) is 30.5 Å². The summed E-state index contributed by atoms with van der Waals surface area (Å²) in [6.07, 6.45) is -8.41. The van der Waals surface area contributed by atoms with E-state index in [1.54, 1.807) is 43.3 Å². The summed E-state index contributed by atoms with van der Waals surface area (Å²) in [6.45, 7) is 3.20.